The van der Waals surface area contributed by atoms with Gasteiger partial charge in [0, 0.05) is 24.3 Å². The molecular weight excluding hydrogens is 400 g/mol. The van der Waals surface area contributed by atoms with Gasteiger partial charge in [-0.25, -0.2) is 8.42 Å². The summed E-state index contributed by atoms with van der Waals surface area (Å²) in [6.45, 7) is 5.54. The number of carbonyl (C=O) groups is 1. The van der Waals surface area contributed by atoms with E-state index in [-0.39, 0.29) is 11.7 Å². The van der Waals surface area contributed by atoms with E-state index in [2.05, 4.69) is 10.8 Å². The topological polar surface area (TPSA) is 75.7 Å². The van der Waals surface area contributed by atoms with Gasteiger partial charge in [0.15, 0.2) is 0 Å². The molecule has 0 atom stereocenters. The van der Waals surface area contributed by atoms with Crippen molar-refractivity contribution in [3.63, 3.8) is 0 Å². The van der Waals surface area contributed by atoms with Crippen LogP contribution < -0.4 is 9.46 Å². The van der Waals surface area contributed by atoms with E-state index in [1.165, 1.54) is 5.57 Å². The van der Waals surface area contributed by atoms with E-state index in [1.54, 1.807) is 29.2 Å². The molecule has 6 nitrogen and oxygen atoms in total. The lowest BCUT2D eigenvalue weighted by molar-refractivity contribution is 0.0773. The minimum absolute atomic E-state index is 0.0520. The minimum atomic E-state index is -3.39. The molecule has 2 aromatic carbocycles. The van der Waals surface area contributed by atoms with Crippen LogP contribution in [0.25, 0.3) is 5.57 Å². The molecule has 2 aromatic rings. The second-order valence-electron chi connectivity index (χ2n) is 7.19. The van der Waals surface area contributed by atoms with E-state index < -0.39 is 10.0 Å². The van der Waals surface area contributed by atoms with Gasteiger partial charge in [-0.05, 0) is 61.2 Å². The smallest absolute Gasteiger partial charge is 0.254 e. The predicted molar refractivity (Wildman–Crippen MR) is 120 cm³/mol. The Morgan fingerprint density at radius 2 is 1.90 bits per heavy atom. The second kappa shape index (κ2) is 9.80. The normalized spacial score (nSPS) is 14.2. The van der Waals surface area contributed by atoms with E-state index in [0.29, 0.717) is 37.4 Å². The van der Waals surface area contributed by atoms with Crippen molar-refractivity contribution in [2.75, 3.05) is 30.2 Å². The summed E-state index contributed by atoms with van der Waals surface area (Å²) in [4.78, 5) is 14.7. The molecule has 1 amide bonds. The summed E-state index contributed by atoms with van der Waals surface area (Å²) in [5.41, 5.74) is 3.24. The number of rotatable bonds is 8. The Labute approximate surface area is 178 Å². The zero-order valence-corrected chi connectivity index (χ0v) is 18.2. The maximum atomic E-state index is 12.9. The van der Waals surface area contributed by atoms with Crippen LogP contribution in [0.4, 0.5) is 5.69 Å². The van der Waals surface area contributed by atoms with Crippen LogP contribution in [0.2, 0.25) is 0 Å². The van der Waals surface area contributed by atoms with Gasteiger partial charge in [-0.3, -0.25) is 9.52 Å². The number of hydrogen-bond acceptors (Lipinski definition) is 4. The predicted octanol–water partition coefficient (Wildman–Crippen LogP) is 4.17. The number of amides is 1. The highest BCUT2D eigenvalue weighted by molar-refractivity contribution is 7.92. The molecule has 0 spiro atoms. The Morgan fingerprint density at radius 3 is 2.53 bits per heavy atom. The molecule has 0 bridgehead atoms. The molecule has 3 rings (SSSR count). The Balaban J connectivity index is 1.67. The molecule has 0 aromatic heterocycles. The Hall–Kier alpha value is -2.80. The molecule has 1 aliphatic rings. The van der Waals surface area contributed by atoms with Gasteiger partial charge >= 0.3 is 0 Å². The summed E-state index contributed by atoms with van der Waals surface area (Å²) in [5.74, 6) is 0.800. The number of anilines is 1. The number of carbonyl (C=O) groups excluding carboxylic acids is 1. The molecule has 0 fully saturated rings. The van der Waals surface area contributed by atoms with Crippen LogP contribution in [-0.4, -0.2) is 44.7 Å². The largest absolute Gasteiger partial charge is 0.494 e. The van der Waals surface area contributed by atoms with Crippen molar-refractivity contribution in [2.45, 2.75) is 26.7 Å². The van der Waals surface area contributed by atoms with Gasteiger partial charge in [-0.15, -0.1) is 0 Å². The number of benzene rings is 2. The van der Waals surface area contributed by atoms with Crippen LogP contribution >= 0.6 is 0 Å². The molecule has 7 heteroatoms. The number of sulfonamides is 1. The van der Waals surface area contributed by atoms with Crippen LogP contribution in [0.1, 0.15) is 42.6 Å². The lowest BCUT2D eigenvalue weighted by atomic mass is 9.99. The van der Waals surface area contributed by atoms with E-state index in [1.807, 2.05) is 38.1 Å². The molecule has 1 heterocycles. The van der Waals surface area contributed by atoms with Crippen LogP contribution in [-0.2, 0) is 10.0 Å². The summed E-state index contributed by atoms with van der Waals surface area (Å²) in [6.07, 6.45) is 3.37. The molecule has 30 heavy (non-hydrogen) atoms. The maximum Gasteiger partial charge on any atom is 0.254 e. The van der Waals surface area contributed by atoms with E-state index in [0.717, 1.165) is 17.7 Å². The fourth-order valence-corrected chi connectivity index (χ4v) is 4.57. The molecule has 0 aliphatic carbocycles. The lowest BCUT2D eigenvalue weighted by Crippen LogP contribution is -2.34. The fourth-order valence-electron chi connectivity index (χ4n) is 3.45. The Bertz CT molecular complexity index is 1010. The average Bonchev–Trinajstić information content (AvgIpc) is 2.74. The Morgan fingerprint density at radius 1 is 1.13 bits per heavy atom. The van der Waals surface area contributed by atoms with Gasteiger partial charge in [-0.1, -0.05) is 31.2 Å². The number of nitrogens with one attached hydrogen (secondary N) is 1. The first-order valence-electron chi connectivity index (χ1n) is 10.2. The van der Waals surface area contributed by atoms with Gasteiger partial charge in [0.25, 0.3) is 5.91 Å². The standard InChI is InChI=1S/C23H28N2O4S/c1-3-16-30(27,28)24-21-7-5-6-20(17-21)23(26)25-14-12-19(13-15-25)18-8-10-22(11-9-18)29-4-2/h5-12,17,24H,3-4,13-16H2,1-2H3. The molecule has 0 saturated heterocycles. The van der Waals surface area contributed by atoms with Gasteiger partial charge in [-0.2, -0.15) is 0 Å². The average molecular weight is 429 g/mol. The summed E-state index contributed by atoms with van der Waals surface area (Å²) in [6, 6.07) is 14.7. The SMILES string of the molecule is CCCS(=O)(=O)Nc1cccc(C(=O)N2CC=C(c3ccc(OCC)cc3)CC2)c1. The molecule has 160 valence electrons. The monoisotopic (exact) mass is 428 g/mol. The van der Waals surface area contributed by atoms with Crippen molar-refractivity contribution in [2.24, 2.45) is 0 Å². The van der Waals surface area contributed by atoms with Gasteiger partial charge < -0.3 is 9.64 Å². The molecule has 0 saturated carbocycles. The van der Waals surface area contributed by atoms with E-state index >= 15 is 0 Å². The van der Waals surface area contributed by atoms with Gasteiger partial charge in [0.1, 0.15) is 5.75 Å². The van der Waals surface area contributed by atoms with E-state index in [9.17, 15) is 13.2 Å². The van der Waals surface area contributed by atoms with Crippen molar-refractivity contribution in [3.05, 3.63) is 65.7 Å². The zero-order chi connectivity index (χ0) is 21.6. The summed E-state index contributed by atoms with van der Waals surface area (Å²) in [5, 5.41) is 0. The number of hydrogen-bond donors (Lipinski definition) is 1. The van der Waals surface area contributed by atoms with Crippen LogP contribution in [0.15, 0.2) is 54.6 Å². The fraction of sp³-hybridized carbons (Fsp3) is 0.348. The number of nitrogens with zero attached hydrogens (tertiary/aromatic N) is 1. The van der Waals surface area contributed by atoms with Crippen molar-refractivity contribution >= 4 is 27.2 Å². The third kappa shape index (κ3) is 5.63. The van der Waals surface area contributed by atoms with Crippen LogP contribution in [0, 0.1) is 0 Å². The van der Waals surface area contributed by atoms with Gasteiger partial charge in [0.05, 0.1) is 12.4 Å². The first-order chi connectivity index (χ1) is 14.4. The summed E-state index contributed by atoms with van der Waals surface area (Å²) < 4.78 is 32.0. The van der Waals surface area contributed by atoms with Crippen molar-refractivity contribution < 1.29 is 17.9 Å². The Kier molecular flexibility index (Phi) is 7.15. The highest BCUT2D eigenvalue weighted by Gasteiger charge is 2.20. The molecule has 1 N–H and O–H groups in total. The van der Waals surface area contributed by atoms with Crippen molar-refractivity contribution in [3.8, 4) is 5.75 Å². The zero-order valence-electron chi connectivity index (χ0n) is 17.4. The lowest BCUT2D eigenvalue weighted by Gasteiger charge is -2.27. The first kappa shape index (κ1) is 21.9. The molecule has 1 aliphatic heterocycles. The molecule has 0 radical (unpaired) electrons. The number of ether oxygens (including phenoxy) is 1. The third-order valence-electron chi connectivity index (χ3n) is 4.89. The molecule has 0 unspecified atom stereocenters. The summed E-state index contributed by atoms with van der Waals surface area (Å²) in [7, 11) is -3.39. The second-order valence-corrected chi connectivity index (χ2v) is 9.03. The highest BCUT2D eigenvalue weighted by atomic mass is 32.2. The van der Waals surface area contributed by atoms with Crippen LogP contribution in [0.5, 0.6) is 5.75 Å². The minimum Gasteiger partial charge on any atom is -0.494 e. The van der Waals surface area contributed by atoms with E-state index in [4.69, 9.17) is 4.74 Å². The highest BCUT2D eigenvalue weighted by Crippen LogP contribution is 2.25. The summed E-state index contributed by atoms with van der Waals surface area (Å²) >= 11 is 0. The van der Waals surface area contributed by atoms with Crippen molar-refractivity contribution in [1.82, 2.24) is 4.90 Å². The molecular formula is C23H28N2O4S. The van der Waals surface area contributed by atoms with Crippen molar-refractivity contribution in [1.29, 1.82) is 0 Å². The first-order valence-corrected chi connectivity index (χ1v) is 11.9. The quantitative estimate of drug-likeness (QED) is 0.685. The maximum absolute atomic E-state index is 12.9. The third-order valence-corrected chi connectivity index (χ3v) is 6.38. The van der Waals surface area contributed by atoms with Crippen LogP contribution in [0.3, 0.4) is 0 Å². The van der Waals surface area contributed by atoms with Gasteiger partial charge in [0.2, 0.25) is 10.0 Å².